The van der Waals surface area contributed by atoms with Gasteiger partial charge in [0, 0.05) is 28.7 Å². The number of nitrogens with zero attached hydrogens (tertiary/aromatic N) is 2. The Labute approximate surface area is 185 Å². The van der Waals surface area contributed by atoms with Gasteiger partial charge in [-0.05, 0) is 61.7 Å². The molecular formula is C25H21ClN2O3. The Morgan fingerprint density at radius 3 is 2.45 bits per heavy atom. The van der Waals surface area contributed by atoms with Gasteiger partial charge in [-0.1, -0.05) is 41.4 Å². The van der Waals surface area contributed by atoms with Gasteiger partial charge >= 0.3 is 0 Å². The maximum atomic E-state index is 13.2. The molecule has 4 rings (SSSR count). The highest BCUT2D eigenvalue weighted by Gasteiger charge is 2.47. The maximum absolute atomic E-state index is 13.2. The van der Waals surface area contributed by atoms with Crippen LogP contribution >= 0.6 is 11.6 Å². The zero-order valence-corrected chi connectivity index (χ0v) is 18.1. The molecule has 156 valence electrons. The lowest BCUT2D eigenvalue weighted by molar-refractivity contribution is -0.132. The number of halogens is 1. The molecule has 1 aliphatic rings. The molecule has 0 saturated carbocycles. The van der Waals surface area contributed by atoms with E-state index in [9.17, 15) is 14.7 Å². The Hall–Kier alpha value is -3.44. The number of benzene rings is 2. The summed E-state index contributed by atoms with van der Waals surface area (Å²) in [6, 6.07) is 13.5. The molecule has 1 amide bonds. The van der Waals surface area contributed by atoms with Gasteiger partial charge in [0.2, 0.25) is 0 Å². The monoisotopic (exact) mass is 432 g/mol. The van der Waals surface area contributed by atoms with Gasteiger partial charge in [-0.15, -0.1) is 0 Å². The third-order valence-electron chi connectivity index (χ3n) is 5.53. The van der Waals surface area contributed by atoms with E-state index < -0.39 is 17.7 Å². The maximum Gasteiger partial charge on any atom is 0.300 e. The predicted octanol–water partition coefficient (Wildman–Crippen LogP) is 5.29. The number of pyridine rings is 1. The summed E-state index contributed by atoms with van der Waals surface area (Å²) >= 11 is 6.31. The fourth-order valence-electron chi connectivity index (χ4n) is 3.82. The molecule has 0 aliphatic carbocycles. The van der Waals surface area contributed by atoms with Crippen LogP contribution in [0.15, 0.2) is 66.5 Å². The van der Waals surface area contributed by atoms with Crippen LogP contribution in [0.2, 0.25) is 5.02 Å². The highest BCUT2D eigenvalue weighted by Crippen LogP contribution is 2.43. The molecule has 2 aromatic carbocycles. The number of rotatable bonds is 3. The van der Waals surface area contributed by atoms with Gasteiger partial charge < -0.3 is 5.11 Å². The van der Waals surface area contributed by atoms with Crippen molar-refractivity contribution in [2.24, 2.45) is 0 Å². The molecule has 1 N–H and O–H groups in total. The lowest BCUT2D eigenvalue weighted by Gasteiger charge is -2.25. The first kappa shape index (κ1) is 20.8. The molecule has 6 heteroatoms. The van der Waals surface area contributed by atoms with E-state index in [4.69, 9.17) is 11.6 Å². The summed E-state index contributed by atoms with van der Waals surface area (Å²) in [5.41, 5.74) is 4.24. The van der Waals surface area contributed by atoms with Gasteiger partial charge in [0.05, 0.1) is 11.6 Å². The van der Waals surface area contributed by atoms with Gasteiger partial charge in [-0.2, -0.15) is 0 Å². The van der Waals surface area contributed by atoms with Crippen molar-refractivity contribution < 1.29 is 14.7 Å². The number of Topliss-reactive ketones (excluding diaryl/α,β-unsaturated/α-hetero) is 1. The highest BCUT2D eigenvalue weighted by atomic mass is 35.5. The largest absolute Gasteiger partial charge is 0.507 e. The Bertz CT molecular complexity index is 1230. The molecule has 1 aromatic heterocycles. The van der Waals surface area contributed by atoms with Crippen molar-refractivity contribution in [3.8, 4) is 0 Å². The number of aliphatic hydroxyl groups excluding tert-OH is 1. The van der Waals surface area contributed by atoms with Crippen LogP contribution in [0.4, 0.5) is 5.69 Å². The molecule has 1 aliphatic heterocycles. The molecule has 0 radical (unpaired) electrons. The third-order valence-corrected chi connectivity index (χ3v) is 5.93. The van der Waals surface area contributed by atoms with E-state index in [-0.39, 0.29) is 11.3 Å². The fraction of sp³-hybridized carbons (Fsp3) is 0.160. The second kappa shape index (κ2) is 8.00. The third kappa shape index (κ3) is 3.62. The lowest BCUT2D eigenvalue weighted by Crippen LogP contribution is -2.29. The summed E-state index contributed by atoms with van der Waals surface area (Å²) in [5.74, 6) is -1.67. The SMILES string of the molecule is Cc1ccc(C)c(/C(O)=C2\C(=O)C(=O)N(c3ccc(C)c(Cl)c3)C2c2cccnc2)c1. The number of hydrogen-bond acceptors (Lipinski definition) is 4. The van der Waals surface area contributed by atoms with Crippen LogP contribution in [0.25, 0.3) is 5.76 Å². The summed E-state index contributed by atoms with van der Waals surface area (Å²) in [6.07, 6.45) is 3.21. The Morgan fingerprint density at radius 2 is 1.77 bits per heavy atom. The quantitative estimate of drug-likeness (QED) is 0.347. The molecule has 1 saturated heterocycles. The van der Waals surface area contributed by atoms with Crippen molar-refractivity contribution in [1.29, 1.82) is 0 Å². The van der Waals surface area contributed by atoms with Crippen LogP contribution < -0.4 is 4.90 Å². The highest BCUT2D eigenvalue weighted by molar-refractivity contribution is 6.51. The molecule has 1 fully saturated rings. The van der Waals surface area contributed by atoms with E-state index in [1.54, 1.807) is 48.8 Å². The number of anilines is 1. The van der Waals surface area contributed by atoms with Gasteiger partial charge in [0.15, 0.2) is 0 Å². The van der Waals surface area contributed by atoms with E-state index in [2.05, 4.69) is 4.98 Å². The smallest absolute Gasteiger partial charge is 0.300 e. The minimum absolute atomic E-state index is 0.0309. The topological polar surface area (TPSA) is 70.5 Å². The van der Waals surface area contributed by atoms with Crippen LogP contribution in [0, 0.1) is 20.8 Å². The molecular weight excluding hydrogens is 412 g/mol. The van der Waals surface area contributed by atoms with Gasteiger partial charge in [0.1, 0.15) is 5.76 Å². The second-order valence-electron chi connectivity index (χ2n) is 7.71. The predicted molar refractivity (Wildman–Crippen MR) is 121 cm³/mol. The molecule has 3 aromatic rings. The molecule has 31 heavy (non-hydrogen) atoms. The first-order valence-corrected chi connectivity index (χ1v) is 10.2. The van der Waals surface area contributed by atoms with Crippen molar-refractivity contribution in [1.82, 2.24) is 4.98 Å². The number of aryl methyl sites for hydroxylation is 3. The summed E-state index contributed by atoms with van der Waals surface area (Å²) in [5, 5.41) is 11.7. The number of hydrogen-bond donors (Lipinski definition) is 1. The first-order valence-electron chi connectivity index (χ1n) is 9.84. The van der Waals surface area contributed by atoms with Crippen LogP contribution in [0.1, 0.15) is 33.9 Å². The van der Waals surface area contributed by atoms with Crippen molar-refractivity contribution in [3.05, 3.63) is 99.3 Å². The zero-order valence-electron chi connectivity index (χ0n) is 17.4. The number of ketones is 1. The fourth-order valence-corrected chi connectivity index (χ4v) is 3.99. The van der Waals surface area contributed by atoms with E-state index in [0.717, 1.165) is 16.7 Å². The summed E-state index contributed by atoms with van der Waals surface area (Å²) in [6.45, 7) is 5.62. The Kier molecular flexibility index (Phi) is 5.38. The Morgan fingerprint density at radius 1 is 1.03 bits per heavy atom. The van der Waals surface area contributed by atoms with Gasteiger partial charge in [-0.3, -0.25) is 19.5 Å². The van der Waals surface area contributed by atoms with E-state index in [1.807, 2.05) is 32.9 Å². The van der Waals surface area contributed by atoms with Crippen molar-refractivity contribution in [2.45, 2.75) is 26.8 Å². The Balaban J connectivity index is 1.98. The lowest BCUT2D eigenvalue weighted by atomic mass is 9.94. The van der Waals surface area contributed by atoms with Gasteiger partial charge in [-0.25, -0.2) is 0 Å². The minimum atomic E-state index is -0.826. The number of amides is 1. The van der Waals surface area contributed by atoms with Crippen molar-refractivity contribution in [3.63, 3.8) is 0 Å². The molecule has 1 atom stereocenters. The summed E-state index contributed by atoms with van der Waals surface area (Å²) in [4.78, 5) is 31.9. The average Bonchev–Trinajstić information content (AvgIpc) is 3.03. The number of carbonyl (C=O) groups excluding carboxylic acids is 2. The molecule has 0 bridgehead atoms. The van der Waals surface area contributed by atoms with Crippen LogP contribution in [0.3, 0.4) is 0 Å². The zero-order chi connectivity index (χ0) is 22.3. The van der Waals surface area contributed by atoms with E-state index >= 15 is 0 Å². The molecule has 5 nitrogen and oxygen atoms in total. The van der Waals surface area contributed by atoms with Gasteiger partial charge in [0.25, 0.3) is 11.7 Å². The minimum Gasteiger partial charge on any atom is -0.507 e. The molecule has 2 heterocycles. The number of aromatic nitrogens is 1. The number of aliphatic hydroxyl groups is 1. The molecule has 0 spiro atoms. The normalized spacial score (nSPS) is 17.9. The number of carbonyl (C=O) groups is 2. The average molecular weight is 433 g/mol. The first-order chi connectivity index (χ1) is 14.8. The van der Waals surface area contributed by atoms with E-state index in [1.165, 1.54) is 4.90 Å². The van der Waals surface area contributed by atoms with Crippen LogP contribution in [0.5, 0.6) is 0 Å². The molecule has 1 unspecified atom stereocenters. The van der Waals surface area contributed by atoms with Crippen molar-refractivity contribution >= 4 is 34.7 Å². The van der Waals surface area contributed by atoms with E-state index in [0.29, 0.717) is 21.8 Å². The summed E-state index contributed by atoms with van der Waals surface area (Å²) < 4.78 is 0. The summed E-state index contributed by atoms with van der Waals surface area (Å²) in [7, 11) is 0. The second-order valence-corrected chi connectivity index (χ2v) is 8.11. The van der Waals surface area contributed by atoms with Crippen LogP contribution in [-0.4, -0.2) is 21.8 Å². The standard InChI is InChI=1S/C25H21ClN2O3/c1-14-6-7-15(2)19(11-14)23(29)21-22(17-5-4-10-27-13-17)28(25(31)24(21)30)18-9-8-16(3)20(26)12-18/h4-13,22,29H,1-3H3/b23-21+. The van der Waals surface area contributed by atoms with Crippen LogP contribution in [-0.2, 0) is 9.59 Å². The van der Waals surface area contributed by atoms with Crippen molar-refractivity contribution in [2.75, 3.05) is 4.90 Å².